The monoisotopic (exact) mass is 245 g/mol. The molecule has 1 rings (SSSR count). The molecule has 0 amide bonds. The van der Waals surface area contributed by atoms with Gasteiger partial charge in [0.1, 0.15) is 0 Å². The summed E-state index contributed by atoms with van der Waals surface area (Å²) in [4.78, 5) is 13.0. The van der Waals surface area contributed by atoms with Gasteiger partial charge < -0.3 is 10.0 Å². The molecule has 0 bridgehead atoms. The molecular weight excluding hydrogens is 230 g/mol. The predicted octanol–water partition coefficient (Wildman–Crippen LogP) is 2.26. The van der Waals surface area contributed by atoms with E-state index in [4.69, 9.17) is 15.6 Å². The van der Waals surface area contributed by atoms with Crippen LogP contribution in [-0.4, -0.2) is 24.2 Å². The van der Waals surface area contributed by atoms with Gasteiger partial charge in [0.15, 0.2) is 12.1 Å². The van der Waals surface area contributed by atoms with Crippen LogP contribution in [0.1, 0.15) is 24.2 Å². The van der Waals surface area contributed by atoms with Crippen LogP contribution in [0.4, 0.5) is 5.69 Å². The zero-order valence-electron chi connectivity index (χ0n) is 10.4. The van der Waals surface area contributed by atoms with E-state index in [1.54, 1.807) is 12.1 Å². The summed E-state index contributed by atoms with van der Waals surface area (Å²) in [5.41, 5.74) is 1.17. The van der Waals surface area contributed by atoms with E-state index >= 15 is 0 Å². The van der Waals surface area contributed by atoms with E-state index in [1.807, 2.05) is 30.9 Å². The number of nitriles is 2. The maximum Gasteiger partial charge on any atom is 0.337 e. The van der Waals surface area contributed by atoms with Crippen molar-refractivity contribution in [2.75, 3.05) is 18.0 Å². The van der Waals surface area contributed by atoms with Crippen LogP contribution in [0.2, 0.25) is 0 Å². The summed E-state index contributed by atoms with van der Waals surface area (Å²) in [6, 6.07) is 9.56. The lowest BCUT2D eigenvalue weighted by Crippen LogP contribution is -2.24. The lowest BCUT2D eigenvalue weighted by atomic mass is 10.1. The third-order valence-electron chi connectivity index (χ3n) is 2.29. The second-order valence-electron chi connectivity index (χ2n) is 3.22. The first-order valence-corrected chi connectivity index (χ1v) is 5.47. The van der Waals surface area contributed by atoms with Crippen LogP contribution >= 0.6 is 0 Å². The Morgan fingerprint density at radius 1 is 1.22 bits per heavy atom. The van der Waals surface area contributed by atoms with E-state index in [9.17, 15) is 4.79 Å². The number of carboxylic acids is 1. The van der Waals surface area contributed by atoms with Crippen molar-refractivity contribution in [2.24, 2.45) is 0 Å². The van der Waals surface area contributed by atoms with Crippen molar-refractivity contribution in [1.29, 1.82) is 10.5 Å². The molecule has 0 unspecified atom stereocenters. The number of rotatable bonds is 4. The molecule has 0 heterocycles. The quantitative estimate of drug-likeness (QED) is 0.878. The molecule has 18 heavy (non-hydrogen) atoms. The fourth-order valence-electron chi connectivity index (χ4n) is 1.49. The zero-order valence-corrected chi connectivity index (χ0v) is 10.4. The number of aromatic carboxylic acids is 1. The Morgan fingerprint density at radius 3 is 2.11 bits per heavy atom. The van der Waals surface area contributed by atoms with E-state index in [-0.39, 0.29) is 0 Å². The lowest BCUT2D eigenvalue weighted by molar-refractivity contribution is 0.0697. The maximum atomic E-state index is 10.9. The number of hydrogen-bond acceptors (Lipinski definition) is 4. The fourth-order valence-corrected chi connectivity index (χ4v) is 1.49. The van der Waals surface area contributed by atoms with Gasteiger partial charge in [-0.25, -0.2) is 4.79 Å². The van der Waals surface area contributed by atoms with Crippen LogP contribution in [0.3, 0.4) is 0 Å². The van der Waals surface area contributed by atoms with E-state index in [0.717, 1.165) is 18.8 Å². The van der Waals surface area contributed by atoms with Gasteiger partial charge in [-0.05, 0) is 26.0 Å². The van der Waals surface area contributed by atoms with Crippen molar-refractivity contribution in [3.05, 3.63) is 29.8 Å². The summed E-state index contributed by atoms with van der Waals surface area (Å²) in [5.74, 6) is -0.868. The molecule has 0 saturated heterocycles. The summed E-state index contributed by atoms with van der Waals surface area (Å²) in [6.07, 6.45) is 0. The molecular formula is C13H15N3O2. The molecule has 5 heteroatoms. The minimum Gasteiger partial charge on any atom is -0.478 e. The number of para-hydroxylation sites is 1. The largest absolute Gasteiger partial charge is 0.478 e. The van der Waals surface area contributed by atoms with Gasteiger partial charge in [-0.15, -0.1) is 0 Å². The first-order chi connectivity index (χ1) is 8.62. The van der Waals surface area contributed by atoms with Crippen LogP contribution in [0.5, 0.6) is 0 Å². The minimum absolute atomic E-state index is 0.371. The standard InChI is InChI=1S/C11H15NO2.C2N2/c1-3-12(4-2)10-8-6-5-7-9(10)11(13)14;3-1-2-4/h5-8H,3-4H2,1-2H3,(H,13,14);. The van der Waals surface area contributed by atoms with Crippen molar-refractivity contribution in [2.45, 2.75) is 13.8 Å². The Kier molecular flexibility index (Phi) is 7.39. The van der Waals surface area contributed by atoms with Gasteiger partial charge in [-0.2, -0.15) is 10.5 Å². The van der Waals surface area contributed by atoms with Gasteiger partial charge in [0.2, 0.25) is 0 Å². The molecule has 0 aromatic heterocycles. The zero-order chi connectivity index (χ0) is 14.0. The summed E-state index contributed by atoms with van der Waals surface area (Å²) in [5, 5.41) is 23.5. The second kappa shape index (κ2) is 8.60. The van der Waals surface area contributed by atoms with Crippen molar-refractivity contribution in [1.82, 2.24) is 0 Å². The molecule has 0 radical (unpaired) electrons. The van der Waals surface area contributed by atoms with Crippen LogP contribution in [0, 0.1) is 22.7 Å². The van der Waals surface area contributed by atoms with Crippen molar-refractivity contribution >= 4 is 11.7 Å². The topological polar surface area (TPSA) is 88.1 Å². The fraction of sp³-hybridized carbons (Fsp3) is 0.308. The lowest BCUT2D eigenvalue weighted by Gasteiger charge is -2.22. The normalized spacial score (nSPS) is 8.22. The van der Waals surface area contributed by atoms with Gasteiger partial charge in [0, 0.05) is 13.1 Å². The minimum atomic E-state index is -0.868. The highest BCUT2D eigenvalue weighted by atomic mass is 16.4. The summed E-state index contributed by atoms with van der Waals surface area (Å²) in [6.45, 7) is 5.67. The Bertz CT molecular complexity index is 456. The molecule has 5 nitrogen and oxygen atoms in total. The van der Waals surface area contributed by atoms with Gasteiger partial charge in [0.05, 0.1) is 11.3 Å². The second-order valence-corrected chi connectivity index (χ2v) is 3.22. The average molecular weight is 245 g/mol. The third-order valence-corrected chi connectivity index (χ3v) is 2.29. The van der Waals surface area contributed by atoms with Crippen molar-refractivity contribution < 1.29 is 9.90 Å². The number of anilines is 1. The highest BCUT2D eigenvalue weighted by Crippen LogP contribution is 2.19. The number of carboxylic acid groups (broad SMARTS) is 1. The molecule has 0 fully saturated rings. The smallest absolute Gasteiger partial charge is 0.337 e. The Labute approximate surface area is 106 Å². The molecule has 0 atom stereocenters. The predicted molar refractivity (Wildman–Crippen MR) is 68.2 cm³/mol. The molecule has 1 aromatic rings. The van der Waals surface area contributed by atoms with E-state index in [2.05, 4.69) is 0 Å². The Morgan fingerprint density at radius 2 is 1.72 bits per heavy atom. The molecule has 0 aliphatic heterocycles. The summed E-state index contributed by atoms with van der Waals surface area (Å²) >= 11 is 0. The number of hydrogen-bond donors (Lipinski definition) is 1. The number of benzene rings is 1. The van der Waals surface area contributed by atoms with Gasteiger partial charge in [0.25, 0.3) is 0 Å². The Hall–Kier alpha value is -2.53. The van der Waals surface area contributed by atoms with Crippen LogP contribution in [0.15, 0.2) is 24.3 Å². The first-order valence-electron chi connectivity index (χ1n) is 5.47. The Balaban J connectivity index is 0.000000631. The molecule has 0 spiro atoms. The molecule has 1 aromatic carbocycles. The van der Waals surface area contributed by atoms with Crippen molar-refractivity contribution in [3.63, 3.8) is 0 Å². The molecule has 0 aliphatic rings. The van der Waals surface area contributed by atoms with Gasteiger partial charge in [-0.3, -0.25) is 0 Å². The first kappa shape index (κ1) is 15.5. The third kappa shape index (κ3) is 4.54. The molecule has 1 N–H and O–H groups in total. The number of carbonyl (C=O) groups is 1. The molecule has 0 aliphatic carbocycles. The summed E-state index contributed by atoms with van der Waals surface area (Å²) < 4.78 is 0. The van der Waals surface area contributed by atoms with Crippen LogP contribution < -0.4 is 4.90 Å². The van der Waals surface area contributed by atoms with Gasteiger partial charge >= 0.3 is 5.97 Å². The highest BCUT2D eigenvalue weighted by molar-refractivity contribution is 5.94. The van der Waals surface area contributed by atoms with Gasteiger partial charge in [-0.1, -0.05) is 12.1 Å². The highest BCUT2D eigenvalue weighted by Gasteiger charge is 2.12. The van der Waals surface area contributed by atoms with E-state index in [1.165, 1.54) is 12.1 Å². The van der Waals surface area contributed by atoms with Crippen LogP contribution in [0.25, 0.3) is 0 Å². The molecule has 94 valence electrons. The average Bonchev–Trinajstić information content (AvgIpc) is 2.41. The van der Waals surface area contributed by atoms with Crippen LogP contribution in [-0.2, 0) is 0 Å². The molecule has 0 saturated carbocycles. The maximum absolute atomic E-state index is 10.9. The SMILES string of the molecule is CCN(CC)c1ccccc1C(=O)O.N#CC#N. The summed E-state index contributed by atoms with van der Waals surface area (Å²) in [7, 11) is 0. The van der Waals surface area contributed by atoms with E-state index in [0.29, 0.717) is 5.56 Å². The van der Waals surface area contributed by atoms with Crippen molar-refractivity contribution in [3.8, 4) is 12.1 Å². The number of nitrogens with zero attached hydrogens (tertiary/aromatic N) is 3. The van der Waals surface area contributed by atoms with E-state index < -0.39 is 5.97 Å².